The highest BCUT2D eigenvalue weighted by Crippen LogP contribution is 2.33. The molecular formula is C22H32IN3O4. The second-order valence-corrected chi connectivity index (χ2v) is 7.20. The van der Waals surface area contributed by atoms with E-state index in [0.717, 1.165) is 11.1 Å². The second kappa shape index (κ2) is 11.7. The van der Waals surface area contributed by atoms with Gasteiger partial charge in [-0.15, -0.1) is 24.0 Å². The molecule has 0 spiro atoms. The van der Waals surface area contributed by atoms with Crippen LogP contribution in [0, 0.1) is 0 Å². The number of ether oxygens (including phenoxy) is 4. The monoisotopic (exact) mass is 529 g/mol. The molecule has 3 N–H and O–H groups in total. The molecule has 0 saturated carbocycles. The molecule has 0 fully saturated rings. The van der Waals surface area contributed by atoms with Gasteiger partial charge in [0, 0.05) is 12.0 Å². The number of guanidine groups is 1. The molecule has 30 heavy (non-hydrogen) atoms. The molecule has 7 nitrogen and oxygen atoms in total. The Labute approximate surface area is 196 Å². The van der Waals surface area contributed by atoms with E-state index in [9.17, 15) is 0 Å². The van der Waals surface area contributed by atoms with Crippen LogP contribution in [-0.4, -0.2) is 40.9 Å². The molecule has 0 aliphatic rings. The Hall–Kier alpha value is -2.36. The predicted molar refractivity (Wildman–Crippen MR) is 131 cm³/mol. The SMILES string of the molecule is COc1ccc(CN=C(N)NCC(C)(C)c2ccc(OC)c(OC)c2)cc1OC.I. The molecule has 0 saturated heterocycles. The first kappa shape index (κ1) is 25.7. The molecule has 0 radical (unpaired) electrons. The largest absolute Gasteiger partial charge is 0.493 e. The van der Waals surface area contributed by atoms with Crippen LogP contribution in [0.4, 0.5) is 0 Å². The van der Waals surface area contributed by atoms with Gasteiger partial charge in [-0.2, -0.15) is 0 Å². The first-order chi connectivity index (χ1) is 13.8. The number of nitrogens with zero attached hydrogens (tertiary/aromatic N) is 1. The molecule has 8 heteroatoms. The Morgan fingerprint density at radius 1 is 0.867 bits per heavy atom. The van der Waals surface area contributed by atoms with Crippen LogP contribution in [0.25, 0.3) is 0 Å². The molecule has 0 aromatic heterocycles. The van der Waals surface area contributed by atoms with Crippen LogP contribution in [0.2, 0.25) is 0 Å². The lowest BCUT2D eigenvalue weighted by atomic mass is 9.84. The van der Waals surface area contributed by atoms with Crippen molar-refractivity contribution in [1.29, 1.82) is 0 Å². The van der Waals surface area contributed by atoms with Crippen LogP contribution >= 0.6 is 24.0 Å². The topological polar surface area (TPSA) is 87.3 Å². The number of rotatable bonds is 9. The third-order valence-corrected chi connectivity index (χ3v) is 4.76. The third-order valence-electron chi connectivity index (χ3n) is 4.76. The van der Waals surface area contributed by atoms with Crippen molar-refractivity contribution in [2.24, 2.45) is 10.7 Å². The van der Waals surface area contributed by atoms with Crippen LogP contribution in [-0.2, 0) is 12.0 Å². The molecule has 2 rings (SSSR count). The number of hydrogen-bond acceptors (Lipinski definition) is 5. The highest BCUT2D eigenvalue weighted by molar-refractivity contribution is 14.0. The molecule has 2 aromatic carbocycles. The summed E-state index contributed by atoms with van der Waals surface area (Å²) in [5.41, 5.74) is 7.97. The van der Waals surface area contributed by atoms with E-state index in [1.807, 2.05) is 36.4 Å². The zero-order chi connectivity index (χ0) is 21.4. The molecule has 0 bridgehead atoms. The van der Waals surface area contributed by atoms with Crippen molar-refractivity contribution in [3.63, 3.8) is 0 Å². The van der Waals surface area contributed by atoms with Gasteiger partial charge in [-0.1, -0.05) is 26.0 Å². The summed E-state index contributed by atoms with van der Waals surface area (Å²) < 4.78 is 21.3. The van der Waals surface area contributed by atoms with Gasteiger partial charge >= 0.3 is 0 Å². The minimum absolute atomic E-state index is 0. The third kappa shape index (κ3) is 6.58. The number of hydrogen-bond donors (Lipinski definition) is 2. The number of nitrogens with one attached hydrogen (secondary N) is 1. The summed E-state index contributed by atoms with van der Waals surface area (Å²) in [6, 6.07) is 11.6. The number of nitrogens with two attached hydrogens (primary N) is 1. The summed E-state index contributed by atoms with van der Waals surface area (Å²) in [7, 11) is 6.47. The van der Waals surface area contributed by atoms with E-state index >= 15 is 0 Å². The first-order valence-corrected chi connectivity index (χ1v) is 9.31. The highest BCUT2D eigenvalue weighted by Gasteiger charge is 2.22. The Kier molecular flexibility index (Phi) is 10.0. The molecule has 0 unspecified atom stereocenters. The van der Waals surface area contributed by atoms with Crippen molar-refractivity contribution in [1.82, 2.24) is 5.32 Å². The van der Waals surface area contributed by atoms with Gasteiger partial charge in [0.1, 0.15) is 0 Å². The second-order valence-electron chi connectivity index (χ2n) is 7.20. The summed E-state index contributed by atoms with van der Waals surface area (Å²) in [6.45, 7) is 5.31. The number of aliphatic imine (C=N–C) groups is 1. The summed E-state index contributed by atoms with van der Waals surface area (Å²) >= 11 is 0. The number of halogens is 1. The highest BCUT2D eigenvalue weighted by atomic mass is 127. The summed E-state index contributed by atoms with van der Waals surface area (Å²) in [5.74, 6) is 3.14. The van der Waals surface area contributed by atoms with Gasteiger partial charge in [0.25, 0.3) is 0 Å². The number of benzene rings is 2. The molecule has 0 atom stereocenters. The van der Waals surface area contributed by atoms with Gasteiger partial charge in [-0.3, -0.25) is 0 Å². The summed E-state index contributed by atoms with van der Waals surface area (Å²) in [6.07, 6.45) is 0. The van der Waals surface area contributed by atoms with Crippen molar-refractivity contribution in [3.05, 3.63) is 47.5 Å². The van der Waals surface area contributed by atoms with Gasteiger partial charge in [0.2, 0.25) is 0 Å². The molecule has 0 amide bonds. The maximum Gasteiger partial charge on any atom is 0.188 e. The van der Waals surface area contributed by atoms with Crippen molar-refractivity contribution in [3.8, 4) is 23.0 Å². The fourth-order valence-electron chi connectivity index (χ4n) is 2.88. The average Bonchev–Trinajstić information content (AvgIpc) is 2.75. The first-order valence-electron chi connectivity index (χ1n) is 9.31. The van der Waals surface area contributed by atoms with Gasteiger partial charge in [-0.05, 0) is 35.4 Å². The van der Waals surface area contributed by atoms with E-state index in [1.165, 1.54) is 0 Å². The molecule has 0 aliphatic heterocycles. The summed E-state index contributed by atoms with van der Waals surface area (Å²) in [4.78, 5) is 4.43. The van der Waals surface area contributed by atoms with Crippen LogP contribution in [0.15, 0.2) is 41.4 Å². The van der Waals surface area contributed by atoms with E-state index in [2.05, 4.69) is 24.2 Å². The van der Waals surface area contributed by atoms with E-state index < -0.39 is 0 Å². The van der Waals surface area contributed by atoms with E-state index in [4.69, 9.17) is 24.7 Å². The van der Waals surface area contributed by atoms with E-state index in [-0.39, 0.29) is 29.4 Å². The Balaban J connectivity index is 0.00000450. The van der Waals surface area contributed by atoms with Crippen molar-refractivity contribution >= 4 is 29.9 Å². The van der Waals surface area contributed by atoms with Crippen LogP contribution in [0.5, 0.6) is 23.0 Å². The maximum absolute atomic E-state index is 6.07. The molecule has 2 aromatic rings. The summed E-state index contributed by atoms with van der Waals surface area (Å²) in [5, 5.41) is 3.21. The van der Waals surface area contributed by atoms with Gasteiger partial charge < -0.3 is 30.0 Å². The van der Waals surface area contributed by atoms with E-state index in [1.54, 1.807) is 28.4 Å². The van der Waals surface area contributed by atoms with Crippen molar-refractivity contribution < 1.29 is 18.9 Å². The lowest BCUT2D eigenvalue weighted by Gasteiger charge is -2.26. The van der Waals surface area contributed by atoms with Crippen LogP contribution in [0.1, 0.15) is 25.0 Å². The predicted octanol–water partition coefficient (Wildman–Crippen LogP) is 3.72. The zero-order valence-corrected chi connectivity index (χ0v) is 20.8. The van der Waals surface area contributed by atoms with E-state index in [0.29, 0.717) is 42.0 Å². The Morgan fingerprint density at radius 3 is 1.97 bits per heavy atom. The normalized spacial score (nSPS) is 11.3. The standard InChI is InChI=1S/C22H31N3O4.HI/c1-22(2,16-8-10-18(27-4)20(12-16)29-6)14-25-21(23)24-13-15-7-9-17(26-3)19(11-15)28-5;/h7-12H,13-14H2,1-6H3,(H3,23,24,25);1H. The lowest BCUT2D eigenvalue weighted by Crippen LogP contribution is -2.40. The van der Waals surface area contributed by atoms with Gasteiger partial charge in [-0.25, -0.2) is 4.99 Å². The van der Waals surface area contributed by atoms with Gasteiger partial charge in [0.05, 0.1) is 35.0 Å². The smallest absolute Gasteiger partial charge is 0.188 e. The lowest BCUT2D eigenvalue weighted by molar-refractivity contribution is 0.353. The molecule has 0 aliphatic carbocycles. The fourth-order valence-corrected chi connectivity index (χ4v) is 2.88. The molecule has 0 heterocycles. The zero-order valence-electron chi connectivity index (χ0n) is 18.4. The Bertz CT molecular complexity index is 856. The quantitative estimate of drug-likeness (QED) is 0.293. The fraction of sp³-hybridized carbons (Fsp3) is 0.409. The van der Waals surface area contributed by atoms with Crippen LogP contribution < -0.4 is 30.0 Å². The van der Waals surface area contributed by atoms with Crippen molar-refractivity contribution in [2.75, 3.05) is 35.0 Å². The maximum atomic E-state index is 6.07. The minimum Gasteiger partial charge on any atom is -0.493 e. The Morgan fingerprint density at radius 2 is 1.40 bits per heavy atom. The van der Waals surface area contributed by atoms with Crippen LogP contribution in [0.3, 0.4) is 0 Å². The average molecular weight is 529 g/mol. The van der Waals surface area contributed by atoms with Crippen molar-refractivity contribution in [2.45, 2.75) is 25.8 Å². The molecule has 166 valence electrons. The van der Waals surface area contributed by atoms with Gasteiger partial charge in [0.15, 0.2) is 29.0 Å². The molecular weight excluding hydrogens is 497 g/mol. The minimum atomic E-state index is -0.191. The number of methoxy groups -OCH3 is 4.